The Hall–Kier alpha value is -2.37. The second-order valence-corrected chi connectivity index (χ2v) is 6.17. The second-order valence-electron chi connectivity index (χ2n) is 5.78. The van der Waals surface area contributed by atoms with Crippen LogP contribution in [-0.2, 0) is 0 Å². The molecule has 0 radical (unpaired) electrons. The van der Waals surface area contributed by atoms with Crippen LogP contribution in [0.1, 0.15) is 17.0 Å². The van der Waals surface area contributed by atoms with E-state index in [1.54, 1.807) is 24.3 Å². The average Bonchev–Trinajstić information content (AvgIpc) is 2.49. The average molecular weight is 368 g/mol. The van der Waals surface area contributed by atoms with E-state index in [0.717, 1.165) is 5.56 Å². The van der Waals surface area contributed by atoms with Crippen LogP contribution in [0, 0.1) is 11.3 Å². The first kappa shape index (κ1) is 17.5. The van der Waals surface area contributed by atoms with Crippen molar-refractivity contribution in [2.45, 2.75) is 12.1 Å². The lowest BCUT2D eigenvalue weighted by atomic mass is 9.92. The molecule has 2 aromatic rings. The van der Waals surface area contributed by atoms with E-state index in [4.69, 9.17) is 16.9 Å². The van der Waals surface area contributed by atoms with Crippen LogP contribution in [0.4, 0.5) is 24.8 Å². The van der Waals surface area contributed by atoms with Crippen LogP contribution in [0.3, 0.4) is 0 Å². The third-order valence-corrected chi connectivity index (χ3v) is 3.99. The summed E-state index contributed by atoms with van der Waals surface area (Å²) in [7, 11) is 0. The van der Waals surface area contributed by atoms with Crippen molar-refractivity contribution in [2.24, 2.45) is 0 Å². The third-order valence-electron chi connectivity index (χ3n) is 3.79. The molecule has 1 fully saturated rings. The Kier molecular flexibility index (Phi) is 4.79. The van der Waals surface area contributed by atoms with Crippen molar-refractivity contribution in [3.05, 3.63) is 46.7 Å². The molecule has 130 valence electrons. The fraction of sp³-hybridized carbons (Fsp3) is 0.312. The summed E-state index contributed by atoms with van der Waals surface area (Å²) < 4.78 is 37.1. The lowest BCUT2D eigenvalue weighted by molar-refractivity contribution is -0.154. The van der Waals surface area contributed by atoms with Gasteiger partial charge < -0.3 is 5.32 Å². The monoisotopic (exact) mass is 367 g/mol. The normalized spacial score (nSPS) is 15.5. The Morgan fingerprint density at radius 2 is 2.04 bits per heavy atom. The van der Waals surface area contributed by atoms with Gasteiger partial charge in [0.15, 0.2) is 0 Å². The molecule has 1 aliphatic heterocycles. The Labute approximate surface area is 147 Å². The SMILES string of the molecule is N#Cc1ccnc(Nc2cc(C3CN(CC(F)(F)F)C3)cc(Cl)n2)c1. The van der Waals surface area contributed by atoms with Crippen molar-refractivity contribution in [1.82, 2.24) is 14.9 Å². The fourth-order valence-corrected chi connectivity index (χ4v) is 2.90. The molecular formula is C16H13ClF3N5. The van der Waals surface area contributed by atoms with Crippen molar-refractivity contribution in [3.63, 3.8) is 0 Å². The first-order valence-corrected chi connectivity index (χ1v) is 7.80. The number of aromatic nitrogens is 2. The minimum atomic E-state index is -4.19. The summed E-state index contributed by atoms with van der Waals surface area (Å²) in [4.78, 5) is 9.57. The molecule has 1 saturated heterocycles. The number of nitrogens with one attached hydrogen (secondary N) is 1. The molecule has 0 spiro atoms. The van der Waals surface area contributed by atoms with Gasteiger partial charge in [-0.3, -0.25) is 4.90 Å². The van der Waals surface area contributed by atoms with Gasteiger partial charge in [0, 0.05) is 25.2 Å². The van der Waals surface area contributed by atoms with Gasteiger partial charge in [-0.1, -0.05) is 11.6 Å². The van der Waals surface area contributed by atoms with Crippen molar-refractivity contribution in [1.29, 1.82) is 5.26 Å². The van der Waals surface area contributed by atoms with Gasteiger partial charge in [-0.2, -0.15) is 18.4 Å². The Morgan fingerprint density at radius 3 is 2.72 bits per heavy atom. The second kappa shape index (κ2) is 6.86. The number of anilines is 2. The standard InChI is InChI=1S/C16H13ClF3N5/c17-13-4-11(12-7-25(8-12)9-16(18,19)20)5-15(23-13)24-14-3-10(6-21)1-2-22-14/h1-5,12H,7-9H2,(H,22,23,24). The van der Waals surface area contributed by atoms with Gasteiger partial charge in [0.2, 0.25) is 0 Å². The molecule has 1 aliphatic rings. The molecule has 3 rings (SSSR count). The molecule has 0 bridgehead atoms. The third kappa shape index (κ3) is 4.59. The summed E-state index contributed by atoms with van der Waals surface area (Å²) in [6, 6.07) is 8.55. The minimum absolute atomic E-state index is 0.0261. The van der Waals surface area contributed by atoms with Gasteiger partial charge >= 0.3 is 6.18 Å². The number of pyridine rings is 2. The molecule has 3 heterocycles. The summed E-state index contributed by atoms with van der Waals surface area (Å²) in [5.74, 6) is 0.841. The van der Waals surface area contributed by atoms with Gasteiger partial charge in [0.25, 0.3) is 0 Å². The zero-order valence-corrected chi connectivity index (χ0v) is 13.6. The number of nitriles is 1. The maximum atomic E-state index is 12.4. The Morgan fingerprint density at radius 1 is 1.28 bits per heavy atom. The molecule has 0 aliphatic carbocycles. The van der Waals surface area contributed by atoms with E-state index < -0.39 is 12.7 Å². The molecular weight excluding hydrogens is 355 g/mol. The number of hydrogen-bond donors (Lipinski definition) is 1. The number of hydrogen-bond acceptors (Lipinski definition) is 5. The van der Waals surface area contributed by atoms with E-state index in [0.29, 0.717) is 30.3 Å². The highest BCUT2D eigenvalue weighted by atomic mass is 35.5. The summed E-state index contributed by atoms with van der Waals surface area (Å²) in [5, 5.41) is 12.1. The highest BCUT2D eigenvalue weighted by Gasteiger charge is 2.37. The topological polar surface area (TPSA) is 64.8 Å². The van der Waals surface area contributed by atoms with E-state index in [-0.39, 0.29) is 11.1 Å². The van der Waals surface area contributed by atoms with Gasteiger partial charge in [-0.15, -0.1) is 0 Å². The van der Waals surface area contributed by atoms with E-state index >= 15 is 0 Å². The van der Waals surface area contributed by atoms with Crippen molar-refractivity contribution in [2.75, 3.05) is 25.0 Å². The van der Waals surface area contributed by atoms with Crippen molar-refractivity contribution < 1.29 is 13.2 Å². The molecule has 0 saturated carbocycles. The van der Waals surface area contributed by atoms with Crippen LogP contribution in [-0.4, -0.2) is 40.7 Å². The van der Waals surface area contributed by atoms with Crippen LogP contribution in [0.2, 0.25) is 5.15 Å². The number of halogens is 4. The van der Waals surface area contributed by atoms with Crippen LogP contribution in [0.5, 0.6) is 0 Å². The molecule has 0 atom stereocenters. The van der Waals surface area contributed by atoms with Crippen LogP contribution in [0.15, 0.2) is 30.5 Å². The zero-order chi connectivity index (χ0) is 18.0. The highest BCUT2D eigenvalue weighted by Crippen LogP contribution is 2.32. The minimum Gasteiger partial charge on any atom is -0.325 e. The van der Waals surface area contributed by atoms with E-state index in [1.165, 1.54) is 11.1 Å². The summed E-state index contributed by atoms with van der Waals surface area (Å²) in [6.07, 6.45) is -2.70. The van der Waals surface area contributed by atoms with Gasteiger partial charge in [0.05, 0.1) is 18.2 Å². The molecule has 0 amide bonds. The largest absolute Gasteiger partial charge is 0.401 e. The van der Waals surface area contributed by atoms with E-state index in [2.05, 4.69) is 15.3 Å². The Balaban J connectivity index is 1.70. The molecule has 2 aromatic heterocycles. The first-order valence-electron chi connectivity index (χ1n) is 7.42. The number of likely N-dealkylation sites (tertiary alicyclic amines) is 1. The molecule has 1 N–H and O–H groups in total. The van der Waals surface area contributed by atoms with E-state index in [9.17, 15) is 13.2 Å². The number of nitrogens with zero attached hydrogens (tertiary/aromatic N) is 4. The quantitative estimate of drug-likeness (QED) is 0.835. The number of rotatable bonds is 4. The lowest BCUT2D eigenvalue weighted by Crippen LogP contribution is -2.49. The molecule has 0 aromatic carbocycles. The molecule has 0 unspecified atom stereocenters. The van der Waals surface area contributed by atoms with Crippen molar-refractivity contribution >= 4 is 23.2 Å². The van der Waals surface area contributed by atoms with E-state index in [1.807, 2.05) is 6.07 Å². The Bertz CT molecular complexity index is 812. The van der Waals surface area contributed by atoms with Gasteiger partial charge in [0.1, 0.15) is 16.8 Å². The molecule has 5 nitrogen and oxygen atoms in total. The molecule has 25 heavy (non-hydrogen) atoms. The van der Waals surface area contributed by atoms with Gasteiger partial charge in [-0.05, 0) is 29.8 Å². The summed E-state index contributed by atoms with van der Waals surface area (Å²) in [5.41, 5.74) is 1.26. The van der Waals surface area contributed by atoms with Crippen molar-refractivity contribution in [3.8, 4) is 6.07 Å². The predicted octanol–water partition coefficient (Wildman–Crippen LogP) is 3.71. The smallest absolute Gasteiger partial charge is 0.325 e. The zero-order valence-electron chi connectivity index (χ0n) is 12.9. The number of alkyl halides is 3. The predicted molar refractivity (Wildman–Crippen MR) is 86.7 cm³/mol. The summed E-state index contributed by atoms with van der Waals surface area (Å²) in [6.45, 7) is -0.263. The van der Waals surface area contributed by atoms with Crippen LogP contribution >= 0.6 is 11.6 Å². The van der Waals surface area contributed by atoms with Crippen LogP contribution in [0.25, 0.3) is 0 Å². The fourth-order valence-electron chi connectivity index (χ4n) is 2.68. The maximum Gasteiger partial charge on any atom is 0.401 e. The molecule has 9 heteroatoms. The van der Waals surface area contributed by atoms with Crippen LogP contribution < -0.4 is 5.32 Å². The van der Waals surface area contributed by atoms with Gasteiger partial charge in [-0.25, -0.2) is 9.97 Å². The highest BCUT2D eigenvalue weighted by molar-refractivity contribution is 6.29. The lowest BCUT2D eigenvalue weighted by Gasteiger charge is -2.39. The summed E-state index contributed by atoms with van der Waals surface area (Å²) >= 11 is 6.03. The first-order chi connectivity index (χ1) is 11.8. The maximum absolute atomic E-state index is 12.4.